The SMILES string of the molecule is COc1cc(C(=O)N(CC(C)=Cc2ccccc2)CC2CCN(C(=O)C3CCC3)CC2)cc(OC)c1OC. The van der Waals surface area contributed by atoms with Crippen molar-refractivity contribution >= 4 is 17.9 Å². The molecule has 0 atom stereocenters. The molecule has 0 spiro atoms. The van der Waals surface area contributed by atoms with E-state index in [2.05, 4.69) is 25.1 Å². The summed E-state index contributed by atoms with van der Waals surface area (Å²) < 4.78 is 16.5. The highest BCUT2D eigenvalue weighted by molar-refractivity contribution is 5.96. The molecular formula is C31H40N2O5. The van der Waals surface area contributed by atoms with Crippen LogP contribution in [-0.2, 0) is 4.79 Å². The Labute approximate surface area is 226 Å². The van der Waals surface area contributed by atoms with Crippen LogP contribution in [0, 0.1) is 11.8 Å². The first-order valence-corrected chi connectivity index (χ1v) is 13.5. The zero-order chi connectivity index (χ0) is 27.1. The Hall–Kier alpha value is -3.48. The second-order valence-corrected chi connectivity index (χ2v) is 10.4. The molecule has 2 aromatic carbocycles. The van der Waals surface area contributed by atoms with Crippen molar-refractivity contribution in [1.82, 2.24) is 9.80 Å². The van der Waals surface area contributed by atoms with Crippen molar-refractivity contribution in [3.8, 4) is 17.2 Å². The van der Waals surface area contributed by atoms with Crippen LogP contribution in [0.2, 0.25) is 0 Å². The Kier molecular flexibility index (Phi) is 9.32. The van der Waals surface area contributed by atoms with Gasteiger partial charge in [-0.05, 0) is 56.2 Å². The molecule has 2 aliphatic rings. The zero-order valence-electron chi connectivity index (χ0n) is 23.1. The fourth-order valence-corrected chi connectivity index (χ4v) is 5.35. The van der Waals surface area contributed by atoms with Gasteiger partial charge in [0.05, 0.1) is 21.3 Å². The second-order valence-electron chi connectivity index (χ2n) is 10.4. The molecule has 1 aliphatic heterocycles. The number of carbonyl (C=O) groups excluding carboxylic acids is 2. The van der Waals surface area contributed by atoms with E-state index in [-0.39, 0.29) is 11.8 Å². The van der Waals surface area contributed by atoms with Gasteiger partial charge in [-0.2, -0.15) is 0 Å². The van der Waals surface area contributed by atoms with Gasteiger partial charge in [-0.25, -0.2) is 0 Å². The lowest BCUT2D eigenvalue weighted by molar-refractivity contribution is -0.139. The van der Waals surface area contributed by atoms with Crippen molar-refractivity contribution in [3.05, 3.63) is 59.2 Å². The third-order valence-corrected chi connectivity index (χ3v) is 7.71. The summed E-state index contributed by atoms with van der Waals surface area (Å²) in [5.41, 5.74) is 2.69. The van der Waals surface area contributed by atoms with Crippen molar-refractivity contribution in [2.24, 2.45) is 11.8 Å². The Morgan fingerprint density at radius 1 is 0.947 bits per heavy atom. The molecule has 0 radical (unpaired) electrons. The number of rotatable bonds is 10. The molecule has 2 amide bonds. The van der Waals surface area contributed by atoms with Gasteiger partial charge >= 0.3 is 0 Å². The molecule has 0 N–H and O–H groups in total. The van der Waals surface area contributed by atoms with Gasteiger partial charge in [0.2, 0.25) is 11.7 Å². The normalized spacial score (nSPS) is 16.5. The van der Waals surface area contributed by atoms with Crippen LogP contribution in [0.5, 0.6) is 17.2 Å². The van der Waals surface area contributed by atoms with Crippen LogP contribution in [0.15, 0.2) is 48.0 Å². The first-order chi connectivity index (χ1) is 18.4. The first kappa shape index (κ1) is 27.6. The molecule has 38 heavy (non-hydrogen) atoms. The molecule has 7 nitrogen and oxygen atoms in total. The highest BCUT2D eigenvalue weighted by Gasteiger charge is 2.32. The van der Waals surface area contributed by atoms with Gasteiger partial charge < -0.3 is 24.0 Å². The third-order valence-electron chi connectivity index (χ3n) is 7.71. The van der Waals surface area contributed by atoms with Gasteiger partial charge in [-0.15, -0.1) is 0 Å². The van der Waals surface area contributed by atoms with Gasteiger partial charge in [-0.1, -0.05) is 48.4 Å². The summed E-state index contributed by atoms with van der Waals surface area (Å²) in [6, 6.07) is 13.6. The molecule has 0 unspecified atom stereocenters. The number of likely N-dealkylation sites (tertiary alicyclic amines) is 1. The fraction of sp³-hybridized carbons (Fsp3) is 0.484. The number of piperidine rings is 1. The van der Waals surface area contributed by atoms with E-state index in [0.29, 0.717) is 47.7 Å². The lowest BCUT2D eigenvalue weighted by Gasteiger charge is -2.38. The van der Waals surface area contributed by atoms with Crippen LogP contribution in [0.25, 0.3) is 6.08 Å². The smallest absolute Gasteiger partial charge is 0.254 e. The van der Waals surface area contributed by atoms with Crippen molar-refractivity contribution in [1.29, 1.82) is 0 Å². The second kappa shape index (κ2) is 12.9. The van der Waals surface area contributed by atoms with E-state index >= 15 is 0 Å². The number of amides is 2. The Morgan fingerprint density at radius 3 is 2.11 bits per heavy atom. The maximum absolute atomic E-state index is 13.9. The predicted molar refractivity (Wildman–Crippen MR) is 149 cm³/mol. The van der Waals surface area contributed by atoms with Crippen LogP contribution in [-0.4, -0.2) is 69.1 Å². The van der Waals surface area contributed by atoms with Gasteiger partial charge in [0.25, 0.3) is 5.91 Å². The van der Waals surface area contributed by atoms with E-state index < -0.39 is 0 Å². The molecule has 1 heterocycles. The standard InChI is InChI=1S/C31H40N2O5/c1-22(17-23-9-6-5-7-10-23)20-33(21-24-13-15-32(16-14-24)30(34)25-11-8-12-25)31(35)26-18-27(36-2)29(38-4)28(19-26)37-3/h5-7,9-10,17-19,24-25H,8,11-16,20-21H2,1-4H3. The third kappa shape index (κ3) is 6.50. The minimum absolute atomic E-state index is 0.0851. The number of hydrogen-bond acceptors (Lipinski definition) is 5. The fourth-order valence-electron chi connectivity index (χ4n) is 5.35. The topological polar surface area (TPSA) is 68.3 Å². The van der Waals surface area contributed by atoms with Crippen LogP contribution in [0.4, 0.5) is 0 Å². The summed E-state index contributed by atoms with van der Waals surface area (Å²) in [6.07, 6.45) is 7.15. The average molecular weight is 521 g/mol. The molecule has 7 heteroatoms. The number of ether oxygens (including phenoxy) is 3. The maximum atomic E-state index is 13.9. The van der Waals surface area contributed by atoms with E-state index in [1.54, 1.807) is 33.5 Å². The van der Waals surface area contributed by atoms with Gasteiger partial charge in [0, 0.05) is 37.7 Å². The highest BCUT2D eigenvalue weighted by Crippen LogP contribution is 2.38. The summed E-state index contributed by atoms with van der Waals surface area (Å²) in [7, 11) is 4.65. The quantitative estimate of drug-likeness (QED) is 0.426. The zero-order valence-corrected chi connectivity index (χ0v) is 23.1. The number of benzene rings is 2. The monoisotopic (exact) mass is 520 g/mol. The van der Waals surface area contributed by atoms with Crippen molar-refractivity contribution in [2.45, 2.75) is 39.0 Å². The summed E-state index contributed by atoms with van der Waals surface area (Å²) >= 11 is 0. The molecule has 1 saturated heterocycles. The van der Waals surface area contributed by atoms with Crippen LogP contribution >= 0.6 is 0 Å². The van der Waals surface area contributed by atoms with Gasteiger partial charge in [0.15, 0.2) is 11.5 Å². The van der Waals surface area contributed by atoms with Gasteiger partial charge in [-0.3, -0.25) is 9.59 Å². The summed E-state index contributed by atoms with van der Waals surface area (Å²) in [5.74, 6) is 2.16. The lowest BCUT2D eigenvalue weighted by Crippen LogP contribution is -2.46. The molecule has 2 fully saturated rings. The Morgan fingerprint density at radius 2 is 1.58 bits per heavy atom. The number of methoxy groups -OCH3 is 3. The molecule has 0 bridgehead atoms. The summed E-state index contributed by atoms with van der Waals surface area (Å²) in [5, 5.41) is 0. The number of hydrogen-bond donors (Lipinski definition) is 0. The van der Waals surface area contributed by atoms with Crippen molar-refractivity contribution in [3.63, 3.8) is 0 Å². The number of nitrogens with zero attached hydrogens (tertiary/aromatic N) is 2. The molecule has 2 aromatic rings. The molecular weight excluding hydrogens is 480 g/mol. The molecule has 4 rings (SSSR count). The summed E-state index contributed by atoms with van der Waals surface area (Å²) in [4.78, 5) is 30.6. The Bertz CT molecular complexity index is 1110. The average Bonchev–Trinajstić information content (AvgIpc) is 2.91. The van der Waals surface area contributed by atoms with Crippen molar-refractivity contribution < 1.29 is 23.8 Å². The molecule has 0 aromatic heterocycles. The van der Waals surface area contributed by atoms with Crippen LogP contribution < -0.4 is 14.2 Å². The minimum atomic E-state index is -0.0851. The van der Waals surface area contributed by atoms with Gasteiger partial charge in [0.1, 0.15) is 0 Å². The van der Waals surface area contributed by atoms with E-state index in [9.17, 15) is 9.59 Å². The number of carbonyl (C=O) groups is 2. The Balaban J connectivity index is 1.53. The van der Waals surface area contributed by atoms with E-state index in [4.69, 9.17) is 14.2 Å². The largest absolute Gasteiger partial charge is 0.493 e. The molecule has 204 valence electrons. The van der Waals surface area contributed by atoms with E-state index in [0.717, 1.165) is 49.9 Å². The van der Waals surface area contributed by atoms with Crippen LogP contribution in [0.3, 0.4) is 0 Å². The van der Waals surface area contributed by atoms with E-state index in [1.165, 1.54) is 6.42 Å². The lowest BCUT2D eigenvalue weighted by atomic mass is 9.83. The maximum Gasteiger partial charge on any atom is 0.254 e. The van der Waals surface area contributed by atoms with Crippen LogP contribution in [0.1, 0.15) is 54.9 Å². The minimum Gasteiger partial charge on any atom is -0.493 e. The highest BCUT2D eigenvalue weighted by atomic mass is 16.5. The molecule has 1 aliphatic carbocycles. The predicted octanol–water partition coefficient (Wildman–Crippen LogP) is 5.30. The summed E-state index contributed by atoms with van der Waals surface area (Å²) in [6.45, 7) is 4.73. The first-order valence-electron chi connectivity index (χ1n) is 13.5. The van der Waals surface area contributed by atoms with Crippen molar-refractivity contribution in [2.75, 3.05) is 47.5 Å². The molecule has 1 saturated carbocycles. The van der Waals surface area contributed by atoms with E-state index in [1.807, 2.05) is 28.0 Å².